The molecule has 0 amide bonds. The number of hydrogen-bond donors (Lipinski definition) is 2. The van der Waals surface area contributed by atoms with Gasteiger partial charge in [0.2, 0.25) is 0 Å². The lowest BCUT2D eigenvalue weighted by molar-refractivity contribution is 0.123. The minimum absolute atomic E-state index is 0.0739. The van der Waals surface area contributed by atoms with Crippen LogP contribution in [-0.2, 0) is 11.2 Å². The van der Waals surface area contributed by atoms with E-state index in [-0.39, 0.29) is 6.04 Å². The summed E-state index contributed by atoms with van der Waals surface area (Å²) in [6.07, 6.45) is 4.08. The van der Waals surface area contributed by atoms with Gasteiger partial charge in [0.1, 0.15) is 0 Å². The van der Waals surface area contributed by atoms with Crippen LogP contribution in [0.2, 0.25) is 5.02 Å². The van der Waals surface area contributed by atoms with Gasteiger partial charge >= 0.3 is 0 Å². The summed E-state index contributed by atoms with van der Waals surface area (Å²) in [6.45, 7) is 3.21. The fourth-order valence-corrected chi connectivity index (χ4v) is 1.46. The standard InChI is InChI=1S/C10H16ClN3O/c1-2-15-7-9(14-12)5-8-3-4-13-6-10(8)11/h3-4,6,9,14H,2,5,7,12H2,1H3. The molecule has 4 nitrogen and oxygen atoms in total. The zero-order valence-corrected chi connectivity index (χ0v) is 9.50. The van der Waals surface area contributed by atoms with E-state index in [0.717, 1.165) is 12.0 Å². The highest BCUT2D eigenvalue weighted by atomic mass is 35.5. The highest BCUT2D eigenvalue weighted by Crippen LogP contribution is 2.15. The first-order chi connectivity index (χ1) is 7.27. The summed E-state index contributed by atoms with van der Waals surface area (Å²) >= 11 is 5.99. The summed E-state index contributed by atoms with van der Waals surface area (Å²) in [5, 5.41) is 0.661. The first-order valence-electron chi connectivity index (χ1n) is 4.90. The van der Waals surface area contributed by atoms with Crippen molar-refractivity contribution in [2.45, 2.75) is 19.4 Å². The molecule has 1 rings (SSSR count). The Morgan fingerprint density at radius 1 is 1.67 bits per heavy atom. The Kier molecular flexibility index (Phi) is 5.57. The summed E-state index contributed by atoms with van der Waals surface area (Å²) < 4.78 is 5.30. The molecule has 0 aliphatic heterocycles. The minimum atomic E-state index is 0.0739. The highest BCUT2D eigenvalue weighted by Gasteiger charge is 2.09. The molecule has 3 N–H and O–H groups in total. The first kappa shape index (κ1) is 12.4. The molecule has 1 unspecified atom stereocenters. The Bertz CT molecular complexity index is 296. The maximum absolute atomic E-state index is 5.99. The van der Waals surface area contributed by atoms with Crippen molar-refractivity contribution in [2.75, 3.05) is 13.2 Å². The third kappa shape index (κ3) is 4.13. The molecule has 0 bridgehead atoms. The number of aromatic nitrogens is 1. The lowest BCUT2D eigenvalue weighted by Crippen LogP contribution is -2.40. The van der Waals surface area contributed by atoms with Crippen molar-refractivity contribution in [1.29, 1.82) is 0 Å². The van der Waals surface area contributed by atoms with Gasteiger partial charge in [0.15, 0.2) is 0 Å². The van der Waals surface area contributed by atoms with Gasteiger partial charge in [-0.3, -0.25) is 16.3 Å². The number of rotatable bonds is 6. The smallest absolute Gasteiger partial charge is 0.0636 e. The van der Waals surface area contributed by atoms with Crippen LogP contribution in [-0.4, -0.2) is 24.2 Å². The number of halogens is 1. The van der Waals surface area contributed by atoms with Gasteiger partial charge in [-0.1, -0.05) is 11.6 Å². The summed E-state index contributed by atoms with van der Waals surface area (Å²) in [5.74, 6) is 5.42. The fraction of sp³-hybridized carbons (Fsp3) is 0.500. The molecule has 0 saturated heterocycles. The van der Waals surface area contributed by atoms with Crippen LogP contribution in [0.15, 0.2) is 18.5 Å². The van der Waals surface area contributed by atoms with Crippen molar-refractivity contribution < 1.29 is 4.74 Å². The number of nitrogens with one attached hydrogen (secondary N) is 1. The second-order valence-corrected chi connectivity index (χ2v) is 3.60. The molecular formula is C10H16ClN3O. The quantitative estimate of drug-likeness (QED) is 0.568. The van der Waals surface area contributed by atoms with Crippen molar-refractivity contribution in [3.05, 3.63) is 29.0 Å². The van der Waals surface area contributed by atoms with E-state index in [2.05, 4.69) is 10.4 Å². The Labute approximate surface area is 94.8 Å². The second kappa shape index (κ2) is 6.74. The Morgan fingerprint density at radius 3 is 3.07 bits per heavy atom. The van der Waals surface area contributed by atoms with Crippen molar-refractivity contribution >= 4 is 11.6 Å². The van der Waals surface area contributed by atoms with E-state index >= 15 is 0 Å². The molecule has 15 heavy (non-hydrogen) atoms. The summed E-state index contributed by atoms with van der Waals surface area (Å²) in [5.41, 5.74) is 3.73. The van der Waals surface area contributed by atoms with Crippen LogP contribution in [0.5, 0.6) is 0 Å². The number of nitrogens with zero attached hydrogens (tertiary/aromatic N) is 1. The molecule has 0 aliphatic rings. The Balaban J connectivity index is 2.54. The molecule has 0 fully saturated rings. The van der Waals surface area contributed by atoms with Crippen LogP contribution >= 0.6 is 11.6 Å². The van der Waals surface area contributed by atoms with Gasteiger partial charge in [-0.25, -0.2) is 0 Å². The molecule has 5 heteroatoms. The molecule has 84 valence electrons. The summed E-state index contributed by atoms with van der Waals surface area (Å²) in [6, 6.07) is 1.96. The number of nitrogens with two attached hydrogens (primary N) is 1. The Hall–Kier alpha value is -0.680. The predicted molar refractivity (Wildman–Crippen MR) is 60.6 cm³/mol. The van der Waals surface area contributed by atoms with Crippen LogP contribution in [0.1, 0.15) is 12.5 Å². The molecule has 0 radical (unpaired) electrons. The monoisotopic (exact) mass is 229 g/mol. The Morgan fingerprint density at radius 2 is 2.47 bits per heavy atom. The third-order valence-electron chi connectivity index (χ3n) is 2.08. The van der Waals surface area contributed by atoms with Crippen molar-refractivity contribution in [1.82, 2.24) is 10.4 Å². The maximum Gasteiger partial charge on any atom is 0.0636 e. The average molecular weight is 230 g/mol. The molecular weight excluding hydrogens is 214 g/mol. The first-order valence-corrected chi connectivity index (χ1v) is 5.28. The van der Waals surface area contributed by atoms with Gasteiger partial charge in [-0.2, -0.15) is 0 Å². The molecule has 1 atom stereocenters. The van der Waals surface area contributed by atoms with Gasteiger partial charge in [0, 0.05) is 25.0 Å². The largest absolute Gasteiger partial charge is 0.380 e. The van der Waals surface area contributed by atoms with Crippen LogP contribution in [0.3, 0.4) is 0 Å². The second-order valence-electron chi connectivity index (χ2n) is 3.19. The van der Waals surface area contributed by atoms with Crippen LogP contribution in [0.25, 0.3) is 0 Å². The molecule has 1 aromatic rings. The van der Waals surface area contributed by atoms with Crippen molar-refractivity contribution in [3.63, 3.8) is 0 Å². The van der Waals surface area contributed by atoms with Crippen LogP contribution < -0.4 is 11.3 Å². The van der Waals surface area contributed by atoms with E-state index in [9.17, 15) is 0 Å². The number of hydrogen-bond acceptors (Lipinski definition) is 4. The lowest BCUT2D eigenvalue weighted by Gasteiger charge is -2.16. The van der Waals surface area contributed by atoms with Crippen LogP contribution in [0.4, 0.5) is 0 Å². The van der Waals surface area contributed by atoms with E-state index in [1.54, 1.807) is 12.4 Å². The third-order valence-corrected chi connectivity index (χ3v) is 2.42. The van der Waals surface area contributed by atoms with Crippen molar-refractivity contribution in [3.8, 4) is 0 Å². The van der Waals surface area contributed by atoms with E-state index in [1.165, 1.54) is 0 Å². The van der Waals surface area contributed by atoms with Gasteiger partial charge in [0.25, 0.3) is 0 Å². The van der Waals surface area contributed by atoms with E-state index < -0.39 is 0 Å². The molecule has 0 spiro atoms. The summed E-state index contributed by atoms with van der Waals surface area (Å²) in [4.78, 5) is 3.93. The number of ether oxygens (including phenoxy) is 1. The fourth-order valence-electron chi connectivity index (χ4n) is 1.26. The molecule has 0 saturated carbocycles. The van der Waals surface area contributed by atoms with E-state index in [0.29, 0.717) is 18.2 Å². The van der Waals surface area contributed by atoms with E-state index in [1.807, 2.05) is 13.0 Å². The lowest BCUT2D eigenvalue weighted by atomic mass is 10.1. The zero-order valence-electron chi connectivity index (χ0n) is 8.74. The number of pyridine rings is 1. The van der Waals surface area contributed by atoms with Gasteiger partial charge in [-0.15, -0.1) is 0 Å². The molecule has 0 aromatic carbocycles. The normalized spacial score (nSPS) is 12.7. The van der Waals surface area contributed by atoms with Crippen molar-refractivity contribution in [2.24, 2.45) is 5.84 Å². The average Bonchev–Trinajstić information content (AvgIpc) is 2.26. The summed E-state index contributed by atoms with van der Waals surface area (Å²) in [7, 11) is 0. The number of hydrazine groups is 1. The van der Waals surface area contributed by atoms with Gasteiger partial charge in [-0.05, 0) is 25.0 Å². The van der Waals surface area contributed by atoms with Gasteiger partial charge < -0.3 is 4.74 Å². The van der Waals surface area contributed by atoms with E-state index in [4.69, 9.17) is 22.2 Å². The molecule has 1 aromatic heterocycles. The predicted octanol–water partition coefficient (Wildman–Crippen LogP) is 1.15. The minimum Gasteiger partial charge on any atom is -0.380 e. The van der Waals surface area contributed by atoms with Crippen LogP contribution in [0, 0.1) is 0 Å². The molecule has 0 aliphatic carbocycles. The SMILES string of the molecule is CCOCC(Cc1ccncc1Cl)NN. The molecule has 1 heterocycles. The van der Waals surface area contributed by atoms with Gasteiger partial charge in [0.05, 0.1) is 11.6 Å². The zero-order chi connectivity index (χ0) is 11.1. The highest BCUT2D eigenvalue weighted by molar-refractivity contribution is 6.31. The topological polar surface area (TPSA) is 60.2 Å². The maximum atomic E-state index is 5.99.